The number of methoxy groups -OCH3 is 1. The van der Waals surface area contributed by atoms with Crippen LogP contribution in [0.25, 0.3) is 11.0 Å². The van der Waals surface area contributed by atoms with Gasteiger partial charge in [-0.2, -0.15) is 0 Å². The van der Waals surface area contributed by atoms with Gasteiger partial charge < -0.3 is 19.2 Å². The molecule has 134 valence electrons. The van der Waals surface area contributed by atoms with Crippen molar-refractivity contribution in [3.05, 3.63) is 63.4 Å². The van der Waals surface area contributed by atoms with Gasteiger partial charge in [-0.25, -0.2) is 4.79 Å². The SMILES string of the molecule is COCc1c(C(=O)OCC(=O)Nc2cccc(I)c2)oc2ccccc12. The number of ether oxygens (including phenoxy) is 2. The number of benzene rings is 2. The number of esters is 1. The van der Waals surface area contributed by atoms with E-state index >= 15 is 0 Å². The molecule has 0 atom stereocenters. The van der Waals surface area contributed by atoms with Crippen molar-refractivity contribution in [1.82, 2.24) is 0 Å². The molecule has 0 aliphatic heterocycles. The smallest absolute Gasteiger partial charge is 0.375 e. The van der Waals surface area contributed by atoms with E-state index in [1.54, 1.807) is 12.1 Å². The second-order valence-electron chi connectivity index (χ2n) is 5.47. The van der Waals surface area contributed by atoms with E-state index in [2.05, 4.69) is 27.9 Å². The van der Waals surface area contributed by atoms with Gasteiger partial charge in [-0.05, 0) is 46.9 Å². The molecule has 0 bridgehead atoms. The lowest BCUT2D eigenvalue weighted by molar-refractivity contribution is -0.119. The van der Waals surface area contributed by atoms with Gasteiger partial charge in [0.25, 0.3) is 5.91 Å². The number of hydrogen-bond donors (Lipinski definition) is 1. The van der Waals surface area contributed by atoms with E-state index in [1.807, 2.05) is 36.4 Å². The fraction of sp³-hybridized carbons (Fsp3) is 0.158. The van der Waals surface area contributed by atoms with Crippen LogP contribution < -0.4 is 5.32 Å². The zero-order valence-corrected chi connectivity index (χ0v) is 16.1. The average molecular weight is 465 g/mol. The third-order valence-electron chi connectivity index (χ3n) is 3.62. The molecule has 3 aromatic rings. The number of rotatable bonds is 6. The Hall–Kier alpha value is -2.39. The van der Waals surface area contributed by atoms with Gasteiger partial charge in [0.15, 0.2) is 6.61 Å². The van der Waals surface area contributed by atoms with Gasteiger partial charge in [0.1, 0.15) is 5.58 Å². The first-order valence-corrected chi connectivity index (χ1v) is 8.88. The Balaban J connectivity index is 1.69. The van der Waals surface area contributed by atoms with E-state index in [9.17, 15) is 9.59 Å². The monoisotopic (exact) mass is 465 g/mol. The summed E-state index contributed by atoms with van der Waals surface area (Å²) in [4.78, 5) is 24.4. The fourth-order valence-corrected chi connectivity index (χ4v) is 3.05. The van der Waals surface area contributed by atoms with Crippen molar-refractivity contribution in [3.8, 4) is 0 Å². The quantitative estimate of drug-likeness (QED) is 0.440. The topological polar surface area (TPSA) is 77.8 Å². The Morgan fingerprint density at radius 2 is 1.96 bits per heavy atom. The van der Waals surface area contributed by atoms with Gasteiger partial charge in [-0.1, -0.05) is 24.3 Å². The van der Waals surface area contributed by atoms with E-state index in [-0.39, 0.29) is 12.4 Å². The number of nitrogens with one attached hydrogen (secondary N) is 1. The summed E-state index contributed by atoms with van der Waals surface area (Å²) in [5.74, 6) is -1.08. The highest BCUT2D eigenvalue weighted by molar-refractivity contribution is 14.1. The number of furan rings is 1. The lowest BCUT2D eigenvalue weighted by Gasteiger charge is -2.07. The maximum absolute atomic E-state index is 12.4. The highest BCUT2D eigenvalue weighted by Crippen LogP contribution is 2.27. The predicted octanol–water partition coefficient (Wildman–Crippen LogP) is 3.98. The second-order valence-corrected chi connectivity index (χ2v) is 6.72. The molecule has 7 heteroatoms. The molecular formula is C19H16INO5. The van der Waals surface area contributed by atoms with Gasteiger partial charge in [0.2, 0.25) is 5.76 Å². The number of carbonyl (C=O) groups excluding carboxylic acids is 2. The van der Waals surface area contributed by atoms with E-state index in [1.165, 1.54) is 7.11 Å². The molecule has 0 saturated carbocycles. The van der Waals surface area contributed by atoms with Crippen molar-refractivity contribution in [3.63, 3.8) is 0 Å². The van der Waals surface area contributed by atoms with E-state index < -0.39 is 18.5 Å². The molecule has 0 spiro atoms. The Kier molecular flexibility index (Phi) is 5.89. The summed E-state index contributed by atoms with van der Waals surface area (Å²) in [5.41, 5.74) is 1.81. The molecule has 1 aromatic heterocycles. The van der Waals surface area contributed by atoms with Crippen LogP contribution in [0.2, 0.25) is 0 Å². The molecule has 0 fully saturated rings. The fourth-order valence-electron chi connectivity index (χ4n) is 2.51. The van der Waals surface area contributed by atoms with Crippen LogP contribution in [-0.4, -0.2) is 25.6 Å². The molecule has 0 radical (unpaired) electrons. The van der Waals surface area contributed by atoms with Crippen molar-refractivity contribution < 1.29 is 23.5 Å². The lowest BCUT2D eigenvalue weighted by atomic mass is 10.1. The largest absolute Gasteiger partial charge is 0.450 e. The summed E-state index contributed by atoms with van der Waals surface area (Å²) in [7, 11) is 1.53. The van der Waals surface area contributed by atoms with E-state index in [4.69, 9.17) is 13.9 Å². The number of para-hydroxylation sites is 1. The summed E-state index contributed by atoms with van der Waals surface area (Å²) in [6.45, 7) is -0.204. The van der Waals surface area contributed by atoms with Crippen molar-refractivity contribution >= 4 is 51.1 Å². The molecule has 1 amide bonds. The second kappa shape index (κ2) is 8.33. The van der Waals surface area contributed by atoms with Crippen LogP contribution in [0.5, 0.6) is 0 Å². The minimum Gasteiger partial charge on any atom is -0.450 e. The number of halogens is 1. The molecule has 3 rings (SSSR count). The van der Waals surface area contributed by atoms with Crippen LogP contribution in [-0.2, 0) is 20.9 Å². The zero-order chi connectivity index (χ0) is 18.5. The number of hydrogen-bond acceptors (Lipinski definition) is 5. The predicted molar refractivity (Wildman–Crippen MR) is 105 cm³/mol. The number of amides is 1. The summed E-state index contributed by atoms with van der Waals surface area (Å²) >= 11 is 2.15. The number of carbonyl (C=O) groups is 2. The summed E-state index contributed by atoms with van der Waals surface area (Å²) in [6, 6.07) is 14.6. The van der Waals surface area contributed by atoms with Crippen LogP contribution in [0, 0.1) is 3.57 Å². The minimum atomic E-state index is -0.703. The molecule has 1 N–H and O–H groups in total. The zero-order valence-electron chi connectivity index (χ0n) is 14.0. The van der Waals surface area contributed by atoms with Gasteiger partial charge in [0, 0.05) is 27.3 Å². The maximum atomic E-state index is 12.4. The first-order chi connectivity index (χ1) is 12.6. The molecule has 0 saturated heterocycles. The van der Waals surface area contributed by atoms with Crippen LogP contribution in [0.1, 0.15) is 16.1 Å². The summed E-state index contributed by atoms with van der Waals surface area (Å²) in [5, 5.41) is 3.46. The van der Waals surface area contributed by atoms with E-state index in [0.717, 1.165) is 8.96 Å². The standard InChI is InChI=1S/C19H16INO5/c1-24-10-15-14-7-2-3-8-16(14)26-18(15)19(23)25-11-17(22)21-13-6-4-5-12(20)9-13/h2-9H,10-11H2,1H3,(H,21,22). The molecule has 0 aliphatic carbocycles. The van der Waals surface area contributed by atoms with Crippen LogP contribution in [0.4, 0.5) is 5.69 Å². The molecule has 1 heterocycles. The molecular weight excluding hydrogens is 449 g/mol. The summed E-state index contributed by atoms with van der Waals surface area (Å²) < 4.78 is 16.8. The van der Waals surface area contributed by atoms with Crippen molar-refractivity contribution in [2.75, 3.05) is 19.0 Å². The highest BCUT2D eigenvalue weighted by Gasteiger charge is 2.22. The van der Waals surface area contributed by atoms with Gasteiger partial charge in [-0.3, -0.25) is 4.79 Å². The van der Waals surface area contributed by atoms with Crippen molar-refractivity contribution in [1.29, 1.82) is 0 Å². The summed E-state index contributed by atoms with van der Waals surface area (Å²) in [6.07, 6.45) is 0. The normalized spacial score (nSPS) is 10.7. The molecule has 26 heavy (non-hydrogen) atoms. The molecule has 0 aliphatic rings. The third kappa shape index (κ3) is 4.23. The Morgan fingerprint density at radius 1 is 1.15 bits per heavy atom. The first kappa shape index (κ1) is 18.4. The maximum Gasteiger partial charge on any atom is 0.375 e. The Labute approximate surface area is 163 Å². The number of fused-ring (bicyclic) bond motifs is 1. The van der Waals surface area contributed by atoms with Crippen molar-refractivity contribution in [2.45, 2.75) is 6.61 Å². The molecule has 6 nitrogen and oxygen atoms in total. The van der Waals surface area contributed by atoms with Gasteiger partial charge in [-0.15, -0.1) is 0 Å². The highest BCUT2D eigenvalue weighted by atomic mass is 127. The number of anilines is 1. The minimum absolute atomic E-state index is 0.0510. The molecule has 2 aromatic carbocycles. The lowest BCUT2D eigenvalue weighted by Crippen LogP contribution is -2.21. The van der Waals surface area contributed by atoms with Crippen LogP contribution in [0.15, 0.2) is 52.9 Å². The van der Waals surface area contributed by atoms with Crippen LogP contribution in [0.3, 0.4) is 0 Å². The van der Waals surface area contributed by atoms with Crippen LogP contribution >= 0.6 is 22.6 Å². The van der Waals surface area contributed by atoms with E-state index in [0.29, 0.717) is 16.8 Å². The Morgan fingerprint density at radius 3 is 2.73 bits per heavy atom. The Bertz CT molecular complexity index is 950. The first-order valence-electron chi connectivity index (χ1n) is 7.80. The average Bonchev–Trinajstić information content (AvgIpc) is 2.99. The van der Waals surface area contributed by atoms with Gasteiger partial charge >= 0.3 is 5.97 Å². The third-order valence-corrected chi connectivity index (χ3v) is 4.29. The van der Waals surface area contributed by atoms with Crippen molar-refractivity contribution in [2.24, 2.45) is 0 Å². The van der Waals surface area contributed by atoms with Gasteiger partial charge in [0.05, 0.1) is 6.61 Å². The molecule has 0 unspecified atom stereocenters.